The summed E-state index contributed by atoms with van der Waals surface area (Å²) in [5.41, 5.74) is -1.33. The first kappa shape index (κ1) is 12.2. The van der Waals surface area contributed by atoms with Crippen molar-refractivity contribution in [2.24, 2.45) is 0 Å². The van der Waals surface area contributed by atoms with E-state index in [-0.39, 0.29) is 6.42 Å². The fourth-order valence-electron chi connectivity index (χ4n) is 1.71. The third-order valence-electron chi connectivity index (χ3n) is 2.68. The number of carbonyl (C=O) groups excluding carboxylic acids is 2. The molecule has 4 heteroatoms. The lowest BCUT2D eigenvalue weighted by Gasteiger charge is -2.31. The summed E-state index contributed by atoms with van der Waals surface area (Å²) >= 11 is 0. The van der Waals surface area contributed by atoms with E-state index in [1.54, 1.807) is 37.3 Å². The minimum Gasteiger partial charge on any atom is -0.549 e. The standard InChI is InChI=1S/C12H14O4/c1-3-12(10(13)14,11(15)16-2)9-7-5-4-6-8-9/h4-8H,3H2,1-2H3,(H,13,14)/p-1/t12-/m1/s1. The number of hydrogen-bond donors (Lipinski definition) is 0. The number of ether oxygens (including phenoxy) is 1. The summed E-state index contributed by atoms with van der Waals surface area (Å²) in [6.07, 6.45) is 0.0893. The monoisotopic (exact) mass is 221 g/mol. The molecule has 0 radical (unpaired) electrons. The van der Waals surface area contributed by atoms with Crippen LogP contribution in [0.25, 0.3) is 0 Å². The number of carboxylic acid groups (broad SMARTS) is 1. The van der Waals surface area contributed by atoms with Crippen LogP contribution in [0.1, 0.15) is 18.9 Å². The molecule has 4 nitrogen and oxygen atoms in total. The first-order valence-electron chi connectivity index (χ1n) is 4.95. The average molecular weight is 221 g/mol. The maximum absolute atomic E-state index is 11.7. The highest BCUT2D eigenvalue weighted by Gasteiger charge is 2.41. The number of benzene rings is 1. The largest absolute Gasteiger partial charge is 0.549 e. The van der Waals surface area contributed by atoms with Gasteiger partial charge in [0.1, 0.15) is 5.41 Å². The molecule has 16 heavy (non-hydrogen) atoms. The van der Waals surface area contributed by atoms with Gasteiger partial charge in [0.05, 0.1) is 13.1 Å². The molecule has 86 valence electrons. The molecule has 0 unspecified atom stereocenters. The smallest absolute Gasteiger partial charge is 0.322 e. The lowest BCUT2D eigenvalue weighted by molar-refractivity contribution is -0.313. The van der Waals surface area contributed by atoms with Gasteiger partial charge in [0.2, 0.25) is 0 Å². The van der Waals surface area contributed by atoms with E-state index in [1.807, 2.05) is 0 Å². The zero-order valence-electron chi connectivity index (χ0n) is 9.23. The Morgan fingerprint density at radius 1 is 1.31 bits per heavy atom. The summed E-state index contributed by atoms with van der Waals surface area (Å²) in [5.74, 6) is -2.24. The van der Waals surface area contributed by atoms with E-state index in [9.17, 15) is 14.7 Å². The van der Waals surface area contributed by atoms with Crippen LogP contribution in [0.4, 0.5) is 0 Å². The number of aliphatic carboxylic acids is 1. The minimum absolute atomic E-state index is 0.0893. The highest BCUT2D eigenvalue weighted by atomic mass is 16.5. The van der Waals surface area contributed by atoms with Crippen molar-refractivity contribution in [3.05, 3.63) is 35.9 Å². The second-order valence-electron chi connectivity index (χ2n) is 3.40. The van der Waals surface area contributed by atoms with Gasteiger partial charge in [-0.3, -0.25) is 4.79 Å². The molecule has 0 saturated heterocycles. The summed E-state index contributed by atoms with van der Waals surface area (Å²) in [4.78, 5) is 22.9. The first-order valence-corrected chi connectivity index (χ1v) is 4.95. The van der Waals surface area contributed by atoms with Gasteiger partial charge in [-0.05, 0) is 12.0 Å². The van der Waals surface area contributed by atoms with Gasteiger partial charge in [0.15, 0.2) is 0 Å². The van der Waals surface area contributed by atoms with Gasteiger partial charge in [0, 0.05) is 0 Å². The van der Waals surface area contributed by atoms with Crippen molar-refractivity contribution in [1.29, 1.82) is 0 Å². The molecule has 0 saturated carbocycles. The van der Waals surface area contributed by atoms with Crippen LogP contribution < -0.4 is 5.11 Å². The predicted octanol–water partition coefficient (Wildman–Crippen LogP) is 0.257. The van der Waals surface area contributed by atoms with Gasteiger partial charge in [-0.15, -0.1) is 0 Å². The highest BCUT2D eigenvalue weighted by Crippen LogP contribution is 2.28. The number of methoxy groups -OCH3 is 1. The molecular weight excluding hydrogens is 208 g/mol. The van der Waals surface area contributed by atoms with Crippen molar-refractivity contribution in [3.8, 4) is 0 Å². The maximum atomic E-state index is 11.7. The lowest BCUT2D eigenvalue weighted by atomic mass is 9.78. The van der Waals surface area contributed by atoms with Crippen LogP contribution in [0.15, 0.2) is 30.3 Å². The summed E-state index contributed by atoms with van der Waals surface area (Å²) in [7, 11) is 1.17. The van der Waals surface area contributed by atoms with Crippen LogP contribution in [-0.2, 0) is 19.7 Å². The second-order valence-corrected chi connectivity index (χ2v) is 3.40. The number of rotatable bonds is 4. The van der Waals surface area contributed by atoms with Crippen molar-refractivity contribution in [2.45, 2.75) is 18.8 Å². The third-order valence-corrected chi connectivity index (χ3v) is 2.68. The molecule has 1 atom stereocenters. The zero-order valence-corrected chi connectivity index (χ0v) is 9.23. The predicted molar refractivity (Wildman–Crippen MR) is 55.4 cm³/mol. The molecule has 0 N–H and O–H groups in total. The Kier molecular flexibility index (Phi) is 3.66. The van der Waals surface area contributed by atoms with Crippen LogP contribution in [0.5, 0.6) is 0 Å². The molecule has 1 aromatic carbocycles. The highest BCUT2D eigenvalue weighted by molar-refractivity contribution is 6.04. The van der Waals surface area contributed by atoms with Gasteiger partial charge in [-0.1, -0.05) is 37.3 Å². The Hall–Kier alpha value is -1.84. The van der Waals surface area contributed by atoms with E-state index in [1.165, 1.54) is 7.11 Å². The average Bonchev–Trinajstić information content (AvgIpc) is 2.31. The van der Waals surface area contributed by atoms with Crippen LogP contribution >= 0.6 is 0 Å². The van der Waals surface area contributed by atoms with Gasteiger partial charge in [-0.2, -0.15) is 0 Å². The topological polar surface area (TPSA) is 66.4 Å². The normalized spacial score (nSPS) is 13.9. The molecule has 0 aliphatic rings. The Morgan fingerprint density at radius 3 is 2.25 bits per heavy atom. The van der Waals surface area contributed by atoms with Crippen molar-refractivity contribution in [1.82, 2.24) is 0 Å². The Morgan fingerprint density at radius 2 is 1.88 bits per heavy atom. The van der Waals surface area contributed by atoms with Crippen LogP contribution in [0.2, 0.25) is 0 Å². The van der Waals surface area contributed by atoms with E-state index in [2.05, 4.69) is 4.74 Å². The molecule has 0 heterocycles. The Bertz CT molecular complexity index is 385. The lowest BCUT2D eigenvalue weighted by Crippen LogP contribution is -2.51. The number of carboxylic acids is 1. The molecular formula is C12H13O4-. The number of esters is 1. The van der Waals surface area contributed by atoms with E-state index >= 15 is 0 Å². The molecule has 1 aromatic rings. The molecule has 0 amide bonds. The number of carbonyl (C=O) groups is 2. The Labute approximate surface area is 93.9 Å². The van der Waals surface area contributed by atoms with E-state index in [4.69, 9.17) is 0 Å². The summed E-state index contributed by atoms with van der Waals surface area (Å²) in [5, 5.41) is 11.2. The van der Waals surface area contributed by atoms with Crippen LogP contribution in [0.3, 0.4) is 0 Å². The van der Waals surface area contributed by atoms with Crippen molar-refractivity contribution in [3.63, 3.8) is 0 Å². The Balaban J connectivity index is 3.35. The van der Waals surface area contributed by atoms with Gasteiger partial charge < -0.3 is 14.6 Å². The summed E-state index contributed by atoms with van der Waals surface area (Å²) < 4.78 is 4.56. The third kappa shape index (κ3) is 1.78. The fraction of sp³-hybridized carbons (Fsp3) is 0.333. The molecule has 0 aliphatic heterocycles. The molecule has 0 aromatic heterocycles. The van der Waals surface area contributed by atoms with Crippen LogP contribution in [0, 0.1) is 0 Å². The van der Waals surface area contributed by atoms with E-state index in [0.29, 0.717) is 5.56 Å². The van der Waals surface area contributed by atoms with Crippen molar-refractivity contribution >= 4 is 11.9 Å². The first-order chi connectivity index (χ1) is 7.59. The molecule has 0 spiro atoms. The molecule has 0 fully saturated rings. The van der Waals surface area contributed by atoms with Gasteiger partial charge in [0.25, 0.3) is 0 Å². The second kappa shape index (κ2) is 4.79. The van der Waals surface area contributed by atoms with Gasteiger partial charge >= 0.3 is 5.97 Å². The zero-order chi connectivity index (χ0) is 12.2. The molecule has 1 rings (SSSR count). The van der Waals surface area contributed by atoms with Crippen molar-refractivity contribution < 1.29 is 19.4 Å². The summed E-state index contributed by atoms with van der Waals surface area (Å²) in [6, 6.07) is 8.25. The maximum Gasteiger partial charge on any atom is 0.322 e. The van der Waals surface area contributed by atoms with E-state index in [0.717, 1.165) is 0 Å². The van der Waals surface area contributed by atoms with E-state index < -0.39 is 17.4 Å². The quantitative estimate of drug-likeness (QED) is 0.540. The fourth-order valence-corrected chi connectivity index (χ4v) is 1.71. The summed E-state index contributed by atoms with van der Waals surface area (Å²) in [6.45, 7) is 1.61. The molecule has 0 bridgehead atoms. The van der Waals surface area contributed by atoms with Crippen LogP contribution in [-0.4, -0.2) is 19.0 Å². The minimum atomic E-state index is -1.71. The van der Waals surface area contributed by atoms with Gasteiger partial charge in [-0.25, -0.2) is 0 Å². The SMILES string of the molecule is CC[C@@](C(=O)[O-])(C(=O)OC)c1ccccc1. The van der Waals surface area contributed by atoms with Crippen molar-refractivity contribution in [2.75, 3.05) is 7.11 Å². The number of hydrogen-bond acceptors (Lipinski definition) is 4. The molecule has 0 aliphatic carbocycles.